The maximum atomic E-state index is 13.0. The van der Waals surface area contributed by atoms with E-state index in [1.807, 2.05) is 0 Å². The predicted molar refractivity (Wildman–Crippen MR) is 125 cm³/mol. The van der Waals surface area contributed by atoms with Gasteiger partial charge in [-0.1, -0.05) is 30.3 Å². The molecule has 0 aromatic heterocycles. The number of aryl methyl sites for hydroxylation is 1. The number of hydrogen-bond donors (Lipinski definition) is 0. The minimum absolute atomic E-state index is 0.227. The summed E-state index contributed by atoms with van der Waals surface area (Å²) in [5, 5.41) is 0. The number of benzene rings is 1. The molecule has 4 rings (SSSR count). The summed E-state index contributed by atoms with van der Waals surface area (Å²) in [6, 6.07) is 11.6. The molecular weight excluding hydrogens is 386 g/mol. The van der Waals surface area contributed by atoms with Crippen LogP contribution in [0.3, 0.4) is 0 Å². The second-order valence-electron chi connectivity index (χ2n) is 9.76. The molecule has 0 spiro atoms. The van der Waals surface area contributed by atoms with E-state index in [1.165, 1.54) is 50.9 Å². The fourth-order valence-electron chi connectivity index (χ4n) is 5.76. The molecule has 0 N–H and O–H groups in total. The van der Waals surface area contributed by atoms with Gasteiger partial charge in [0.05, 0.1) is 6.10 Å². The molecule has 0 aliphatic carbocycles. The first-order valence-electron chi connectivity index (χ1n) is 12.5. The molecular formula is C26H41N3O2. The molecule has 0 bridgehead atoms. The SMILES string of the molecule is CO[C@@H]1CCCN(C(=O)C2CCN(C3CCN(CCCc4ccccc4)CC3)CC2)C1. The molecule has 0 radical (unpaired) electrons. The van der Waals surface area contributed by atoms with Gasteiger partial charge in [-0.3, -0.25) is 4.79 Å². The van der Waals surface area contributed by atoms with Crippen molar-refractivity contribution >= 4 is 5.91 Å². The van der Waals surface area contributed by atoms with Crippen LogP contribution in [-0.4, -0.2) is 85.7 Å². The summed E-state index contributed by atoms with van der Waals surface area (Å²) >= 11 is 0. The molecule has 1 atom stereocenters. The van der Waals surface area contributed by atoms with Crippen LogP contribution in [0.1, 0.15) is 50.5 Å². The van der Waals surface area contributed by atoms with Crippen LogP contribution in [0.2, 0.25) is 0 Å². The smallest absolute Gasteiger partial charge is 0.225 e. The van der Waals surface area contributed by atoms with Crippen molar-refractivity contribution in [2.45, 2.75) is 63.5 Å². The van der Waals surface area contributed by atoms with Crippen LogP contribution in [0, 0.1) is 5.92 Å². The molecule has 3 saturated heterocycles. The van der Waals surface area contributed by atoms with Crippen LogP contribution in [-0.2, 0) is 16.0 Å². The summed E-state index contributed by atoms with van der Waals surface area (Å²) in [5.74, 6) is 0.611. The number of carbonyl (C=O) groups excluding carboxylic acids is 1. The van der Waals surface area contributed by atoms with Crippen molar-refractivity contribution in [1.29, 1.82) is 0 Å². The standard InChI is InChI=1S/C26H41N3O2/c1-31-25-10-6-16-29(21-25)26(30)23-11-19-28(20-12-23)24-13-17-27(18-14-24)15-5-9-22-7-3-2-4-8-22/h2-4,7-8,23-25H,5-6,9-21H2,1H3/t25-/m1/s1. The molecule has 3 fully saturated rings. The van der Waals surface area contributed by atoms with E-state index in [1.54, 1.807) is 7.11 Å². The third-order valence-corrected chi connectivity index (χ3v) is 7.76. The molecule has 0 saturated carbocycles. The van der Waals surface area contributed by atoms with Gasteiger partial charge in [-0.15, -0.1) is 0 Å². The first-order valence-corrected chi connectivity index (χ1v) is 12.5. The van der Waals surface area contributed by atoms with Gasteiger partial charge in [0.25, 0.3) is 0 Å². The molecule has 3 aliphatic heterocycles. The summed E-state index contributed by atoms with van der Waals surface area (Å²) in [4.78, 5) is 20.4. The van der Waals surface area contributed by atoms with Gasteiger partial charge < -0.3 is 19.4 Å². The average molecular weight is 428 g/mol. The topological polar surface area (TPSA) is 36.0 Å². The normalized spacial score (nSPS) is 25.1. The van der Waals surface area contributed by atoms with Gasteiger partial charge in [-0.2, -0.15) is 0 Å². The minimum Gasteiger partial charge on any atom is -0.380 e. The van der Waals surface area contributed by atoms with Crippen molar-refractivity contribution in [3.63, 3.8) is 0 Å². The van der Waals surface area contributed by atoms with Crippen molar-refractivity contribution in [1.82, 2.24) is 14.7 Å². The Bertz CT molecular complexity index is 666. The molecule has 3 heterocycles. The largest absolute Gasteiger partial charge is 0.380 e. The predicted octanol–water partition coefficient (Wildman–Crippen LogP) is 3.43. The molecule has 31 heavy (non-hydrogen) atoms. The van der Waals surface area contributed by atoms with Crippen LogP contribution >= 0.6 is 0 Å². The highest BCUT2D eigenvalue weighted by Crippen LogP contribution is 2.26. The Labute approximate surface area is 188 Å². The zero-order valence-corrected chi connectivity index (χ0v) is 19.4. The number of ether oxygens (including phenoxy) is 1. The molecule has 3 aliphatic rings. The Balaban J connectivity index is 1.14. The summed E-state index contributed by atoms with van der Waals surface area (Å²) in [7, 11) is 1.77. The number of carbonyl (C=O) groups is 1. The van der Waals surface area contributed by atoms with E-state index in [-0.39, 0.29) is 12.0 Å². The van der Waals surface area contributed by atoms with Crippen LogP contribution in [0.15, 0.2) is 30.3 Å². The molecule has 1 amide bonds. The van der Waals surface area contributed by atoms with Gasteiger partial charge in [0.15, 0.2) is 0 Å². The van der Waals surface area contributed by atoms with E-state index in [0.717, 1.165) is 51.9 Å². The van der Waals surface area contributed by atoms with Gasteiger partial charge in [0, 0.05) is 32.2 Å². The maximum Gasteiger partial charge on any atom is 0.225 e. The lowest BCUT2D eigenvalue weighted by molar-refractivity contribution is -0.141. The lowest BCUT2D eigenvalue weighted by Crippen LogP contribution is -2.51. The van der Waals surface area contributed by atoms with Crippen molar-refractivity contribution < 1.29 is 9.53 Å². The third kappa shape index (κ3) is 6.30. The van der Waals surface area contributed by atoms with Crippen molar-refractivity contribution in [2.75, 3.05) is 52.9 Å². The first-order chi connectivity index (χ1) is 15.2. The third-order valence-electron chi connectivity index (χ3n) is 7.76. The van der Waals surface area contributed by atoms with Crippen LogP contribution < -0.4 is 0 Å². The highest BCUT2D eigenvalue weighted by Gasteiger charge is 2.33. The number of hydrogen-bond acceptors (Lipinski definition) is 4. The first kappa shape index (κ1) is 22.8. The van der Waals surface area contributed by atoms with Crippen molar-refractivity contribution in [2.24, 2.45) is 5.92 Å². The Morgan fingerprint density at radius 3 is 2.42 bits per heavy atom. The van der Waals surface area contributed by atoms with E-state index >= 15 is 0 Å². The number of nitrogens with zero attached hydrogens (tertiary/aromatic N) is 3. The van der Waals surface area contributed by atoms with E-state index in [4.69, 9.17) is 4.74 Å². The number of rotatable bonds is 7. The lowest BCUT2D eigenvalue weighted by atomic mass is 9.91. The maximum absolute atomic E-state index is 13.0. The van der Waals surface area contributed by atoms with Crippen LogP contribution in [0.4, 0.5) is 0 Å². The Morgan fingerprint density at radius 2 is 1.71 bits per heavy atom. The highest BCUT2D eigenvalue weighted by molar-refractivity contribution is 5.79. The Kier molecular flexibility index (Phi) is 8.40. The lowest BCUT2D eigenvalue weighted by Gasteiger charge is -2.42. The highest BCUT2D eigenvalue weighted by atomic mass is 16.5. The Morgan fingerprint density at radius 1 is 0.968 bits per heavy atom. The van der Waals surface area contributed by atoms with E-state index in [9.17, 15) is 4.79 Å². The molecule has 5 heteroatoms. The van der Waals surface area contributed by atoms with E-state index in [0.29, 0.717) is 11.9 Å². The van der Waals surface area contributed by atoms with Gasteiger partial charge in [0.1, 0.15) is 0 Å². The quantitative estimate of drug-likeness (QED) is 0.668. The van der Waals surface area contributed by atoms with Crippen LogP contribution in [0.5, 0.6) is 0 Å². The van der Waals surface area contributed by atoms with Crippen LogP contribution in [0.25, 0.3) is 0 Å². The number of piperidine rings is 3. The van der Waals surface area contributed by atoms with Crippen molar-refractivity contribution in [3.8, 4) is 0 Å². The average Bonchev–Trinajstić information content (AvgIpc) is 2.85. The number of likely N-dealkylation sites (tertiary alicyclic amines) is 3. The van der Waals surface area contributed by atoms with Gasteiger partial charge in [-0.25, -0.2) is 0 Å². The molecule has 5 nitrogen and oxygen atoms in total. The second-order valence-corrected chi connectivity index (χ2v) is 9.76. The van der Waals surface area contributed by atoms with Gasteiger partial charge in [0.2, 0.25) is 5.91 Å². The Hall–Kier alpha value is -1.43. The number of methoxy groups -OCH3 is 1. The molecule has 172 valence electrons. The fourth-order valence-corrected chi connectivity index (χ4v) is 5.76. The summed E-state index contributed by atoms with van der Waals surface area (Å²) in [6.07, 6.45) is 9.46. The summed E-state index contributed by atoms with van der Waals surface area (Å²) < 4.78 is 5.50. The van der Waals surface area contributed by atoms with E-state index in [2.05, 4.69) is 45.0 Å². The molecule has 1 aromatic rings. The van der Waals surface area contributed by atoms with Gasteiger partial charge >= 0.3 is 0 Å². The monoisotopic (exact) mass is 427 g/mol. The minimum atomic E-state index is 0.227. The fraction of sp³-hybridized carbons (Fsp3) is 0.731. The molecule has 0 unspecified atom stereocenters. The zero-order valence-electron chi connectivity index (χ0n) is 19.4. The van der Waals surface area contributed by atoms with Gasteiger partial charge in [-0.05, 0) is 89.7 Å². The zero-order chi connectivity index (χ0) is 21.5. The van der Waals surface area contributed by atoms with Crippen molar-refractivity contribution in [3.05, 3.63) is 35.9 Å². The number of amides is 1. The second kappa shape index (κ2) is 11.4. The summed E-state index contributed by atoms with van der Waals surface area (Å²) in [6.45, 7) is 7.57. The molecule has 1 aromatic carbocycles. The van der Waals surface area contributed by atoms with E-state index < -0.39 is 0 Å². The summed E-state index contributed by atoms with van der Waals surface area (Å²) in [5.41, 5.74) is 1.46.